The summed E-state index contributed by atoms with van der Waals surface area (Å²) in [5.41, 5.74) is 2.63. The number of nitrogens with zero attached hydrogens (tertiary/aromatic N) is 1. The summed E-state index contributed by atoms with van der Waals surface area (Å²) >= 11 is 0. The molecule has 120 valence electrons. The van der Waals surface area contributed by atoms with E-state index >= 15 is 0 Å². The molecule has 5 heteroatoms. The van der Waals surface area contributed by atoms with E-state index in [9.17, 15) is 13.2 Å². The Hall–Kier alpha value is -1.23. The highest BCUT2D eigenvalue weighted by Crippen LogP contribution is 2.25. The Labute approximate surface area is 125 Å². The first-order chi connectivity index (χ1) is 9.73. The number of hydrogen-bond donors (Lipinski definition) is 1. The van der Waals surface area contributed by atoms with Gasteiger partial charge in [0.25, 0.3) is 0 Å². The Balaban J connectivity index is 2.76. The Morgan fingerprint density at radius 3 is 2.38 bits per heavy atom. The van der Waals surface area contributed by atoms with Crippen LogP contribution in [0.1, 0.15) is 31.9 Å². The third-order valence-corrected chi connectivity index (χ3v) is 3.24. The minimum atomic E-state index is -4.18. The molecule has 0 atom stereocenters. The Morgan fingerprint density at radius 2 is 1.90 bits per heavy atom. The van der Waals surface area contributed by atoms with Gasteiger partial charge < -0.3 is 10.2 Å². The number of nitrogens with one attached hydrogen (secondary N) is 1. The van der Waals surface area contributed by atoms with Crippen molar-refractivity contribution in [1.29, 1.82) is 0 Å². The molecule has 1 N–H and O–H groups in total. The van der Waals surface area contributed by atoms with Gasteiger partial charge in [0.1, 0.15) is 6.54 Å². The van der Waals surface area contributed by atoms with Gasteiger partial charge in [-0.1, -0.05) is 26.0 Å². The van der Waals surface area contributed by atoms with Crippen LogP contribution in [0.3, 0.4) is 0 Å². The van der Waals surface area contributed by atoms with E-state index in [4.69, 9.17) is 0 Å². The number of benzene rings is 1. The summed E-state index contributed by atoms with van der Waals surface area (Å²) in [6.07, 6.45) is -4.18. The molecule has 0 saturated carbocycles. The Morgan fingerprint density at radius 1 is 1.24 bits per heavy atom. The second-order valence-electron chi connectivity index (χ2n) is 5.77. The summed E-state index contributed by atoms with van der Waals surface area (Å²) in [7, 11) is 0. The van der Waals surface area contributed by atoms with Crippen molar-refractivity contribution >= 4 is 5.69 Å². The molecular weight excluding hydrogens is 277 g/mol. The van der Waals surface area contributed by atoms with Crippen LogP contribution in [-0.4, -0.2) is 25.8 Å². The zero-order valence-electron chi connectivity index (χ0n) is 13.2. The first-order valence-corrected chi connectivity index (χ1v) is 7.35. The van der Waals surface area contributed by atoms with Gasteiger partial charge in [-0.05, 0) is 43.5 Å². The van der Waals surface area contributed by atoms with Crippen molar-refractivity contribution in [2.24, 2.45) is 5.92 Å². The standard InChI is InChI=1S/C16H25F3N2/c1-5-21(11-16(17,18)19)15-7-6-14(8-13(15)4)10-20-9-12(2)3/h6-8,12,20H,5,9-11H2,1-4H3. The minimum Gasteiger partial charge on any atom is -0.363 e. The Bertz CT molecular complexity index is 442. The van der Waals surface area contributed by atoms with Gasteiger partial charge in [0.05, 0.1) is 0 Å². The van der Waals surface area contributed by atoms with Gasteiger partial charge in [-0.15, -0.1) is 0 Å². The second-order valence-corrected chi connectivity index (χ2v) is 5.77. The van der Waals surface area contributed by atoms with Gasteiger partial charge in [-0.25, -0.2) is 0 Å². The van der Waals surface area contributed by atoms with Crippen LogP contribution < -0.4 is 10.2 Å². The highest BCUT2D eigenvalue weighted by atomic mass is 19.4. The minimum absolute atomic E-state index is 0.339. The molecule has 0 unspecified atom stereocenters. The SMILES string of the molecule is CCN(CC(F)(F)F)c1ccc(CNCC(C)C)cc1C. The summed E-state index contributed by atoms with van der Waals surface area (Å²) in [5, 5.41) is 3.34. The smallest absolute Gasteiger partial charge is 0.363 e. The van der Waals surface area contributed by atoms with Crippen LogP contribution in [0.25, 0.3) is 0 Å². The molecule has 0 spiro atoms. The largest absolute Gasteiger partial charge is 0.405 e. The van der Waals surface area contributed by atoms with Crippen LogP contribution in [0.4, 0.5) is 18.9 Å². The first kappa shape index (κ1) is 17.8. The average molecular weight is 302 g/mol. The van der Waals surface area contributed by atoms with Crippen molar-refractivity contribution < 1.29 is 13.2 Å². The lowest BCUT2D eigenvalue weighted by Crippen LogP contribution is -2.34. The molecule has 0 aliphatic rings. The molecule has 2 nitrogen and oxygen atoms in total. The van der Waals surface area contributed by atoms with Crippen LogP contribution in [0.5, 0.6) is 0 Å². The van der Waals surface area contributed by atoms with Crippen molar-refractivity contribution in [3.63, 3.8) is 0 Å². The Kier molecular flexibility index (Phi) is 6.52. The van der Waals surface area contributed by atoms with Crippen molar-refractivity contribution in [2.45, 2.75) is 40.4 Å². The zero-order chi connectivity index (χ0) is 16.0. The van der Waals surface area contributed by atoms with E-state index < -0.39 is 12.7 Å². The molecule has 1 rings (SSSR count). The third-order valence-electron chi connectivity index (χ3n) is 3.24. The summed E-state index contributed by atoms with van der Waals surface area (Å²) in [6, 6.07) is 5.65. The highest BCUT2D eigenvalue weighted by Gasteiger charge is 2.30. The topological polar surface area (TPSA) is 15.3 Å². The van der Waals surface area contributed by atoms with E-state index in [1.165, 1.54) is 4.90 Å². The fourth-order valence-corrected chi connectivity index (χ4v) is 2.27. The third kappa shape index (κ3) is 6.38. The molecule has 0 bridgehead atoms. The maximum absolute atomic E-state index is 12.6. The van der Waals surface area contributed by atoms with Gasteiger partial charge in [-0.2, -0.15) is 13.2 Å². The predicted octanol–water partition coefficient (Wildman–Crippen LogP) is 4.13. The number of anilines is 1. The normalized spacial score (nSPS) is 12.0. The fraction of sp³-hybridized carbons (Fsp3) is 0.625. The number of halogens is 3. The van der Waals surface area contributed by atoms with Gasteiger partial charge in [0, 0.05) is 18.8 Å². The van der Waals surface area contributed by atoms with E-state index in [1.54, 1.807) is 13.0 Å². The molecule has 1 aromatic rings. The molecule has 0 aromatic heterocycles. The van der Waals surface area contributed by atoms with Gasteiger partial charge >= 0.3 is 6.18 Å². The summed E-state index contributed by atoms with van der Waals surface area (Å²) in [5.74, 6) is 0.577. The molecule has 1 aromatic carbocycles. The van der Waals surface area contributed by atoms with E-state index in [2.05, 4.69) is 19.2 Å². The van der Waals surface area contributed by atoms with Gasteiger partial charge in [0.2, 0.25) is 0 Å². The molecular formula is C16H25F3N2. The molecule has 0 aliphatic heterocycles. The molecule has 0 amide bonds. The maximum atomic E-state index is 12.6. The lowest BCUT2D eigenvalue weighted by molar-refractivity contribution is -0.119. The monoisotopic (exact) mass is 302 g/mol. The maximum Gasteiger partial charge on any atom is 0.405 e. The van der Waals surface area contributed by atoms with Crippen LogP contribution in [-0.2, 0) is 6.54 Å². The van der Waals surface area contributed by atoms with E-state index in [0.717, 1.165) is 24.2 Å². The summed E-state index contributed by atoms with van der Waals surface area (Å²) in [6.45, 7) is 8.97. The van der Waals surface area contributed by atoms with Crippen molar-refractivity contribution in [2.75, 3.05) is 24.5 Å². The van der Waals surface area contributed by atoms with Crippen LogP contribution in [0, 0.1) is 12.8 Å². The number of rotatable bonds is 7. The quantitative estimate of drug-likeness (QED) is 0.814. The van der Waals surface area contributed by atoms with Crippen LogP contribution >= 0.6 is 0 Å². The van der Waals surface area contributed by atoms with E-state index in [-0.39, 0.29) is 0 Å². The highest BCUT2D eigenvalue weighted by molar-refractivity contribution is 5.54. The van der Waals surface area contributed by atoms with Crippen molar-refractivity contribution in [3.8, 4) is 0 Å². The predicted molar refractivity (Wildman–Crippen MR) is 81.7 cm³/mol. The lowest BCUT2D eigenvalue weighted by Gasteiger charge is -2.26. The zero-order valence-corrected chi connectivity index (χ0v) is 13.2. The van der Waals surface area contributed by atoms with Gasteiger partial charge in [-0.3, -0.25) is 0 Å². The van der Waals surface area contributed by atoms with Gasteiger partial charge in [0.15, 0.2) is 0 Å². The molecule has 0 aliphatic carbocycles. The van der Waals surface area contributed by atoms with Crippen molar-refractivity contribution in [3.05, 3.63) is 29.3 Å². The van der Waals surface area contributed by atoms with E-state index in [0.29, 0.717) is 18.2 Å². The summed E-state index contributed by atoms with van der Waals surface area (Å²) in [4.78, 5) is 1.36. The molecule has 0 fully saturated rings. The molecule has 0 saturated heterocycles. The van der Waals surface area contributed by atoms with Crippen LogP contribution in [0.15, 0.2) is 18.2 Å². The molecule has 0 heterocycles. The average Bonchev–Trinajstić information content (AvgIpc) is 2.35. The molecule has 21 heavy (non-hydrogen) atoms. The fourth-order valence-electron chi connectivity index (χ4n) is 2.27. The number of alkyl halides is 3. The number of hydrogen-bond acceptors (Lipinski definition) is 2. The summed E-state index contributed by atoms with van der Waals surface area (Å²) < 4.78 is 37.7. The van der Waals surface area contributed by atoms with Crippen molar-refractivity contribution in [1.82, 2.24) is 5.32 Å². The molecule has 0 radical (unpaired) electrons. The van der Waals surface area contributed by atoms with Crippen LogP contribution in [0.2, 0.25) is 0 Å². The number of aryl methyl sites for hydroxylation is 1. The first-order valence-electron chi connectivity index (χ1n) is 7.35. The lowest BCUT2D eigenvalue weighted by atomic mass is 10.1. The van der Waals surface area contributed by atoms with E-state index in [1.807, 2.05) is 19.1 Å². The second kappa shape index (κ2) is 7.69.